The van der Waals surface area contributed by atoms with Crippen LogP contribution in [0.25, 0.3) is 11.0 Å². The van der Waals surface area contributed by atoms with Gasteiger partial charge in [-0.15, -0.1) is 0 Å². The maximum atomic E-state index is 12.8. The third-order valence-corrected chi connectivity index (χ3v) is 4.32. The van der Waals surface area contributed by atoms with Crippen LogP contribution in [0.2, 0.25) is 5.02 Å². The van der Waals surface area contributed by atoms with Crippen molar-refractivity contribution in [2.45, 2.75) is 6.92 Å². The van der Waals surface area contributed by atoms with E-state index in [1.807, 2.05) is 37.3 Å². The molecule has 0 aliphatic rings. The van der Waals surface area contributed by atoms with E-state index in [1.165, 1.54) is 0 Å². The van der Waals surface area contributed by atoms with Crippen molar-refractivity contribution in [2.75, 3.05) is 5.32 Å². The number of fused-ring (bicyclic) bond motifs is 1. The van der Waals surface area contributed by atoms with Gasteiger partial charge in [-0.25, -0.2) is 4.98 Å². The van der Waals surface area contributed by atoms with E-state index in [1.54, 1.807) is 36.5 Å². The molecule has 0 unspecified atom stereocenters. The summed E-state index contributed by atoms with van der Waals surface area (Å²) in [6.07, 6.45) is 1.60. The van der Waals surface area contributed by atoms with Crippen LogP contribution in [-0.2, 0) is 0 Å². The number of aromatic nitrogens is 1. The number of hydrogen-bond donors (Lipinski definition) is 1. The fourth-order valence-corrected chi connectivity index (χ4v) is 2.93. The van der Waals surface area contributed by atoms with Crippen LogP contribution in [0.1, 0.15) is 16.1 Å². The summed E-state index contributed by atoms with van der Waals surface area (Å²) in [5.74, 6) is 0.766. The molecule has 0 spiro atoms. The number of ether oxygens (including phenoxy) is 1. The Balaban J connectivity index is 1.63. The molecule has 4 aromatic rings. The molecule has 1 N–H and O–H groups in total. The van der Waals surface area contributed by atoms with E-state index in [0.717, 1.165) is 10.9 Å². The number of rotatable bonds is 4. The highest BCUT2D eigenvalue weighted by Gasteiger charge is 2.19. The van der Waals surface area contributed by atoms with Gasteiger partial charge in [0.2, 0.25) is 5.88 Å². The average molecular weight is 379 g/mol. The molecule has 0 aliphatic heterocycles. The van der Waals surface area contributed by atoms with Gasteiger partial charge in [-0.2, -0.15) is 0 Å². The van der Waals surface area contributed by atoms with Crippen LogP contribution >= 0.6 is 11.6 Å². The van der Waals surface area contributed by atoms with Gasteiger partial charge < -0.3 is 14.5 Å². The van der Waals surface area contributed by atoms with E-state index < -0.39 is 0 Å². The number of amides is 1. The standard InChI is InChI=1S/C21H15ClN2O3/c1-13-16-12-14(22)9-10-18(16)27-19(13)20(25)24-17-8-5-11-23-21(17)26-15-6-3-2-4-7-15/h2-12H,1H3,(H,24,25). The van der Waals surface area contributed by atoms with Crippen molar-refractivity contribution >= 4 is 34.2 Å². The lowest BCUT2D eigenvalue weighted by Crippen LogP contribution is -2.13. The van der Waals surface area contributed by atoms with Crippen molar-refractivity contribution in [3.8, 4) is 11.6 Å². The van der Waals surface area contributed by atoms with Crippen LogP contribution in [0.4, 0.5) is 5.69 Å². The number of aryl methyl sites for hydroxylation is 1. The molecule has 0 atom stereocenters. The molecule has 2 heterocycles. The lowest BCUT2D eigenvalue weighted by Gasteiger charge is -2.10. The SMILES string of the molecule is Cc1c(C(=O)Nc2cccnc2Oc2ccccc2)oc2ccc(Cl)cc12. The summed E-state index contributed by atoms with van der Waals surface area (Å²) in [6, 6.07) is 17.9. The van der Waals surface area contributed by atoms with Gasteiger partial charge in [0.25, 0.3) is 5.91 Å². The Morgan fingerprint density at radius 2 is 1.93 bits per heavy atom. The minimum absolute atomic E-state index is 0.224. The van der Waals surface area contributed by atoms with Gasteiger partial charge in [0, 0.05) is 22.2 Å². The maximum Gasteiger partial charge on any atom is 0.291 e. The normalized spacial score (nSPS) is 10.7. The Bertz CT molecular complexity index is 1120. The second-order valence-corrected chi connectivity index (χ2v) is 6.36. The molecule has 0 saturated carbocycles. The molecular formula is C21H15ClN2O3. The average Bonchev–Trinajstić information content (AvgIpc) is 3.00. The molecule has 5 nitrogen and oxygen atoms in total. The van der Waals surface area contributed by atoms with Gasteiger partial charge in [-0.1, -0.05) is 29.8 Å². The highest BCUT2D eigenvalue weighted by Crippen LogP contribution is 2.30. The second-order valence-electron chi connectivity index (χ2n) is 5.92. The molecule has 0 bridgehead atoms. The minimum Gasteiger partial charge on any atom is -0.451 e. The minimum atomic E-state index is -0.384. The summed E-state index contributed by atoms with van der Waals surface area (Å²) < 4.78 is 11.5. The molecule has 6 heteroatoms. The van der Waals surface area contributed by atoms with Crippen molar-refractivity contribution in [1.29, 1.82) is 0 Å². The number of pyridine rings is 1. The maximum absolute atomic E-state index is 12.8. The first kappa shape index (κ1) is 17.1. The van der Waals surface area contributed by atoms with Crippen molar-refractivity contribution in [2.24, 2.45) is 0 Å². The number of para-hydroxylation sites is 1. The zero-order chi connectivity index (χ0) is 18.8. The van der Waals surface area contributed by atoms with Gasteiger partial charge in [0.05, 0.1) is 0 Å². The number of halogens is 1. The summed E-state index contributed by atoms with van der Waals surface area (Å²) in [5, 5.41) is 4.20. The fraction of sp³-hybridized carbons (Fsp3) is 0.0476. The van der Waals surface area contributed by atoms with Gasteiger partial charge in [0.1, 0.15) is 17.0 Å². The topological polar surface area (TPSA) is 64.4 Å². The van der Waals surface area contributed by atoms with E-state index >= 15 is 0 Å². The number of nitrogens with zero attached hydrogens (tertiary/aromatic N) is 1. The molecule has 4 rings (SSSR count). The number of carbonyl (C=O) groups is 1. The predicted octanol–water partition coefficient (Wildman–Crippen LogP) is 5.83. The van der Waals surface area contributed by atoms with E-state index in [4.69, 9.17) is 20.8 Å². The zero-order valence-corrected chi connectivity index (χ0v) is 15.2. The number of anilines is 1. The van der Waals surface area contributed by atoms with Crippen molar-refractivity contribution in [3.05, 3.63) is 83.2 Å². The monoisotopic (exact) mass is 378 g/mol. The zero-order valence-electron chi connectivity index (χ0n) is 14.4. The Kier molecular flexibility index (Phi) is 4.52. The number of nitrogens with one attached hydrogen (secondary N) is 1. The van der Waals surface area contributed by atoms with Crippen LogP contribution < -0.4 is 10.1 Å². The summed E-state index contributed by atoms with van der Waals surface area (Å²) in [7, 11) is 0. The Hall–Kier alpha value is -3.31. The van der Waals surface area contributed by atoms with Crippen LogP contribution in [-0.4, -0.2) is 10.9 Å². The van der Waals surface area contributed by atoms with Crippen molar-refractivity contribution in [1.82, 2.24) is 4.98 Å². The molecule has 2 aromatic heterocycles. The smallest absolute Gasteiger partial charge is 0.291 e. The number of hydrogen-bond acceptors (Lipinski definition) is 4. The van der Waals surface area contributed by atoms with E-state index in [2.05, 4.69) is 10.3 Å². The van der Waals surface area contributed by atoms with E-state index in [-0.39, 0.29) is 11.7 Å². The molecule has 134 valence electrons. The Labute approximate surface area is 160 Å². The van der Waals surface area contributed by atoms with Crippen LogP contribution in [0.5, 0.6) is 11.6 Å². The van der Waals surface area contributed by atoms with Gasteiger partial charge in [-0.05, 0) is 49.4 Å². The predicted molar refractivity (Wildman–Crippen MR) is 105 cm³/mol. The third-order valence-electron chi connectivity index (χ3n) is 4.08. The van der Waals surface area contributed by atoms with Gasteiger partial charge in [-0.3, -0.25) is 4.79 Å². The molecule has 27 heavy (non-hydrogen) atoms. The summed E-state index contributed by atoms with van der Waals surface area (Å²) >= 11 is 6.04. The molecule has 2 aromatic carbocycles. The Morgan fingerprint density at radius 3 is 2.74 bits per heavy atom. The first-order valence-electron chi connectivity index (χ1n) is 8.30. The van der Waals surface area contributed by atoms with Gasteiger partial charge in [0.15, 0.2) is 5.76 Å². The highest BCUT2D eigenvalue weighted by molar-refractivity contribution is 6.31. The van der Waals surface area contributed by atoms with E-state index in [9.17, 15) is 4.79 Å². The van der Waals surface area contributed by atoms with E-state index in [0.29, 0.717) is 27.9 Å². The second kappa shape index (κ2) is 7.13. The van der Waals surface area contributed by atoms with Gasteiger partial charge >= 0.3 is 0 Å². The lowest BCUT2D eigenvalue weighted by atomic mass is 10.1. The van der Waals surface area contributed by atoms with Crippen molar-refractivity contribution in [3.63, 3.8) is 0 Å². The van der Waals surface area contributed by atoms with Crippen LogP contribution in [0.3, 0.4) is 0 Å². The molecule has 0 fully saturated rings. The number of carbonyl (C=O) groups excluding carboxylic acids is 1. The lowest BCUT2D eigenvalue weighted by molar-refractivity contribution is 0.0997. The largest absolute Gasteiger partial charge is 0.451 e. The third kappa shape index (κ3) is 3.50. The van der Waals surface area contributed by atoms with Crippen molar-refractivity contribution < 1.29 is 13.9 Å². The van der Waals surface area contributed by atoms with Crippen LogP contribution in [0, 0.1) is 6.92 Å². The Morgan fingerprint density at radius 1 is 1.11 bits per heavy atom. The fourth-order valence-electron chi connectivity index (χ4n) is 2.76. The van der Waals surface area contributed by atoms with Crippen LogP contribution in [0.15, 0.2) is 71.3 Å². The summed E-state index contributed by atoms with van der Waals surface area (Å²) in [4.78, 5) is 17.0. The first-order valence-corrected chi connectivity index (χ1v) is 8.67. The highest BCUT2D eigenvalue weighted by atomic mass is 35.5. The quantitative estimate of drug-likeness (QED) is 0.485. The number of furan rings is 1. The summed E-state index contributed by atoms with van der Waals surface area (Å²) in [6.45, 7) is 1.82. The molecular weight excluding hydrogens is 364 g/mol. The molecule has 1 amide bonds. The molecule has 0 saturated heterocycles. The summed E-state index contributed by atoms with van der Waals surface area (Å²) in [5.41, 5.74) is 1.78. The first-order chi connectivity index (χ1) is 13.1. The molecule has 0 radical (unpaired) electrons. The number of benzene rings is 2. The molecule has 0 aliphatic carbocycles.